The van der Waals surface area contributed by atoms with Crippen LogP contribution in [0, 0.1) is 0 Å². The van der Waals surface area contributed by atoms with Crippen molar-refractivity contribution in [3.63, 3.8) is 0 Å². The van der Waals surface area contributed by atoms with Gasteiger partial charge in [-0.3, -0.25) is 0 Å². The van der Waals surface area contributed by atoms with Crippen LogP contribution in [0.1, 0.15) is 37.0 Å². The predicted octanol–water partition coefficient (Wildman–Crippen LogP) is 1.92. The Kier molecular flexibility index (Phi) is 6.37. The molecule has 22 heavy (non-hydrogen) atoms. The number of carbonyl (C=O) groups excluding carboxylic acids is 1. The van der Waals surface area contributed by atoms with Gasteiger partial charge in [-0.2, -0.15) is 0 Å². The molecule has 0 aliphatic heterocycles. The molecule has 0 spiro atoms. The van der Waals surface area contributed by atoms with Gasteiger partial charge < -0.3 is 10.5 Å². The molecule has 0 unspecified atom stereocenters. The first-order chi connectivity index (χ1) is 10.2. The Morgan fingerprint density at radius 1 is 1.36 bits per heavy atom. The molecule has 0 fully saturated rings. The van der Waals surface area contributed by atoms with Crippen molar-refractivity contribution in [1.82, 2.24) is 4.72 Å². The molecule has 0 saturated carbocycles. The summed E-state index contributed by atoms with van der Waals surface area (Å²) in [4.78, 5) is 11.3. The van der Waals surface area contributed by atoms with E-state index in [1.165, 1.54) is 25.3 Å². The number of methoxy groups -OCH3 is 1. The van der Waals surface area contributed by atoms with E-state index in [4.69, 9.17) is 17.3 Å². The topological polar surface area (TPSA) is 98.5 Å². The van der Waals surface area contributed by atoms with Crippen LogP contribution in [-0.4, -0.2) is 33.6 Å². The third-order valence-electron chi connectivity index (χ3n) is 3.74. The average Bonchev–Trinajstić information content (AvgIpc) is 2.51. The van der Waals surface area contributed by atoms with Crippen molar-refractivity contribution in [3.8, 4) is 0 Å². The van der Waals surface area contributed by atoms with Gasteiger partial charge in [0.15, 0.2) is 0 Å². The zero-order chi connectivity index (χ0) is 17.0. The van der Waals surface area contributed by atoms with E-state index < -0.39 is 21.5 Å². The smallest absolute Gasteiger partial charge is 0.337 e. The van der Waals surface area contributed by atoms with Crippen molar-refractivity contribution in [3.05, 3.63) is 28.8 Å². The maximum absolute atomic E-state index is 12.5. The Morgan fingerprint density at radius 2 is 1.95 bits per heavy atom. The third kappa shape index (κ3) is 3.98. The van der Waals surface area contributed by atoms with Gasteiger partial charge in [0.05, 0.1) is 17.7 Å². The summed E-state index contributed by atoms with van der Waals surface area (Å²) in [5.41, 5.74) is 5.18. The number of nitrogens with one attached hydrogen (secondary N) is 1. The first kappa shape index (κ1) is 18.9. The van der Waals surface area contributed by atoms with E-state index in [2.05, 4.69) is 9.46 Å². The molecule has 0 radical (unpaired) electrons. The minimum atomic E-state index is -3.85. The minimum absolute atomic E-state index is 0.0477. The van der Waals surface area contributed by atoms with E-state index in [1.54, 1.807) is 0 Å². The fourth-order valence-electron chi connectivity index (χ4n) is 2.03. The highest BCUT2D eigenvalue weighted by Gasteiger charge is 2.32. The molecule has 0 aliphatic rings. The standard InChI is InChI=1S/C14H21ClN2O4S/c1-4-14(5-2,9-16)17-22(19,20)12-7-6-10(8-11(12)15)13(18)21-3/h6-8,17H,4-5,9,16H2,1-3H3. The second-order valence-electron chi connectivity index (χ2n) is 4.93. The zero-order valence-electron chi connectivity index (χ0n) is 12.8. The van der Waals surface area contributed by atoms with Gasteiger partial charge in [0, 0.05) is 12.1 Å². The molecule has 8 heteroatoms. The van der Waals surface area contributed by atoms with Crippen molar-refractivity contribution >= 4 is 27.6 Å². The van der Waals surface area contributed by atoms with Gasteiger partial charge in [-0.15, -0.1) is 0 Å². The summed E-state index contributed by atoms with van der Waals surface area (Å²) in [5.74, 6) is -0.586. The molecule has 0 atom stereocenters. The lowest BCUT2D eigenvalue weighted by molar-refractivity contribution is 0.0600. The van der Waals surface area contributed by atoms with Crippen molar-refractivity contribution in [1.29, 1.82) is 0 Å². The Hall–Kier alpha value is -1.15. The molecule has 0 saturated heterocycles. The number of benzene rings is 1. The number of hydrogen-bond donors (Lipinski definition) is 2. The van der Waals surface area contributed by atoms with E-state index in [1.807, 2.05) is 13.8 Å². The average molecular weight is 349 g/mol. The number of nitrogens with two attached hydrogens (primary N) is 1. The Balaban J connectivity index is 3.21. The highest BCUT2D eigenvalue weighted by atomic mass is 35.5. The molecular formula is C14H21ClN2O4S. The Bertz CT molecular complexity index is 634. The van der Waals surface area contributed by atoms with Crippen LogP contribution in [-0.2, 0) is 14.8 Å². The molecule has 1 rings (SSSR count). The lowest BCUT2D eigenvalue weighted by Gasteiger charge is -2.31. The molecule has 0 aliphatic carbocycles. The van der Waals surface area contributed by atoms with Gasteiger partial charge in [0.2, 0.25) is 10.0 Å². The van der Waals surface area contributed by atoms with Crippen LogP contribution in [0.4, 0.5) is 0 Å². The van der Waals surface area contributed by atoms with Gasteiger partial charge in [0.25, 0.3) is 0 Å². The molecule has 6 nitrogen and oxygen atoms in total. The monoisotopic (exact) mass is 348 g/mol. The second kappa shape index (κ2) is 7.41. The van der Waals surface area contributed by atoms with Gasteiger partial charge in [0.1, 0.15) is 4.90 Å². The number of hydrogen-bond acceptors (Lipinski definition) is 5. The number of carbonyl (C=O) groups is 1. The normalized spacial score (nSPS) is 12.2. The van der Waals surface area contributed by atoms with Crippen LogP contribution in [0.15, 0.2) is 23.1 Å². The quantitative estimate of drug-likeness (QED) is 0.733. The van der Waals surface area contributed by atoms with E-state index >= 15 is 0 Å². The van der Waals surface area contributed by atoms with Gasteiger partial charge in [-0.1, -0.05) is 25.4 Å². The van der Waals surface area contributed by atoms with Crippen LogP contribution in [0.3, 0.4) is 0 Å². The van der Waals surface area contributed by atoms with Gasteiger partial charge >= 0.3 is 5.97 Å². The SMILES string of the molecule is CCC(CC)(CN)NS(=O)(=O)c1ccc(C(=O)OC)cc1Cl. The summed E-state index contributed by atoms with van der Waals surface area (Å²) in [5, 5.41) is -0.0477. The Labute approximate surface area is 136 Å². The van der Waals surface area contributed by atoms with Gasteiger partial charge in [-0.05, 0) is 31.0 Å². The molecule has 0 heterocycles. The van der Waals surface area contributed by atoms with Crippen molar-refractivity contribution in [2.75, 3.05) is 13.7 Å². The summed E-state index contributed by atoms with van der Waals surface area (Å²) >= 11 is 6.02. The van der Waals surface area contributed by atoms with Crippen LogP contribution < -0.4 is 10.5 Å². The van der Waals surface area contributed by atoms with E-state index in [0.717, 1.165) is 0 Å². The molecule has 0 amide bonds. The number of sulfonamides is 1. The maximum atomic E-state index is 12.5. The third-order valence-corrected chi connectivity index (χ3v) is 5.80. The van der Waals surface area contributed by atoms with Crippen molar-refractivity contribution in [2.24, 2.45) is 5.73 Å². The van der Waals surface area contributed by atoms with Crippen LogP contribution in [0.5, 0.6) is 0 Å². The number of esters is 1. The van der Waals surface area contributed by atoms with Crippen LogP contribution in [0.2, 0.25) is 5.02 Å². The van der Waals surface area contributed by atoms with Gasteiger partial charge in [-0.25, -0.2) is 17.9 Å². The molecule has 0 aromatic heterocycles. The number of ether oxygens (including phenoxy) is 1. The summed E-state index contributed by atoms with van der Waals surface area (Å²) in [6.45, 7) is 3.90. The Morgan fingerprint density at radius 3 is 2.36 bits per heavy atom. The van der Waals surface area contributed by atoms with E-state index in [9.17, 15) is 13.2 Å². The fraction of sp³-hybridized carbons (Fsp3) is 0.500. The number of halogens is 1. The molecule has 0 bridgehead atoms. The highest BCUT2D eigenvalue weighted by molar-refractivity contribution is 7.89. The molecule has 1 aromatic rings. The summed E-state index contributed by atoms with van der Waals surface area (Å²) in [6, 6.07) is 3.90. The maximum Gasteiger partial charge on any atom is 0.337 e. The largest absolute Gasteiger partial charge is 0.465 e. The second-order valence-corrected chi connectivity index (χ2v) is 6.99. The molecule has 1 aromatic carbocycles. The van der Waals surface area contributed by atoms with Crippen molar-refractivity contribution < 1.29 is 17.9 Å². The summed E-state index contributed by atoms with van der Waals surface area (Å²) in [7, 11) is -2.61. The summed E-state index contributed by atoms with van der Waals surface area (Å²) < 4.78 is 32.3. The lowest BCUT2D eigenvalue weighted by Crippen LogP contribution is -2.52. The molecule has 3 N–H and O–H groups in total. The zero-order valence-corrected chi connectivity index (χ0v) is 14.4. The summed E-state index contributed by atoms with van der Waals surface area (Å²) in [6.07, 6.45) is 1.11. The lowest BCUT2D eigenvalue weighted by atomic mass is 9.95. The van der Waals surface area contributed by atoms with Crippen LogP contribution >= 0.6 is 11.6 Å². The van der Waals surface area contributed by atoms with E-state index in [-0.39, 0.29) is 22.0 Å². The predicted molar refractivity (Wildman–Crippen MR) is 85.5 cm³/mol. The molecular weight excluding hydrogens is 328 g/mol. The number of rotatable bonds is 7. The van der Waals surface area contributed by atoms with Crippen molar-refractivity contribution in [2.45, 2.75) is 37.1 Å². The molecule has 124 valence electrons. The first-order valence-electron chi connectivity index (χ1n) is 6.87. The first-order valence-corrected chi connectivity index (χ1v) is 8.73. The highest BCUT2D eigenvalue weighted by Crippen LogP contribution is 2.25. The van der Waals surface area contributed by atoms with Crippen LogP contribution in [0.25, 0.3) is 0 Å². The minimum Gasteiger partial charge on any atom is -0.465 e. The fourth-order valence-corrected chi connectivity index (χ4v) is 4.13. The van der Waals surface area contributed by atoms with E-state index in [0.29, 0.717) is 12.8 Å².